The average molecular weight is 217 g/mol. The third-order valence-corrected chi connectivity index (χ3v) is 3.53. The van der Waals surface area contributed by atoms with Crippen LogP contribution in [0.2, 0.25) is 0 Å². The van der Waals surface area contributed by atoms with Gasteiger partial charge in [-0.05, 0) is 69.1 Å². The van der Waals surface area contributed by atoms with Crippen LogP contribution < -0.4 is 5.73 Å². The molecule has 0 amide bonds. The first-order valence-electron chi connectivity index (χ1n) is 6.45. The summed E-state index contributed by atoms with van der Waals surface area (Å²) in [5.74, 6) is 0. The predicted octanol–water partition coefficient (Wildman–Crippen LogP) is 3.24. The Kier molecular flexibility index (Phi) is 3.34. The van der Waals surface area contributed by atoms with Crippen molar-refractivity contribution in [3.63, 3.8) is 0 Å². The number of hydrogen-bond donors (Lipinski definition) is 1. The molecule has 1 heteroatoms. The zero-order valence-corrected chi connectivity index (χ0v) is 10.6. The summed E-state index contributed by atoms with van der Waals surface area (Å²) in [6, 6.07) is 6.80. The molecule has 1 aromatic carbocycles. The maximum Gasteiger partial charge on any atom is 0.0100 e. The van der Waals surface area contributed by atoms with Gasteiger partial charge in [0.25, 0.3) is 0 Å². The van der Waals surface area contributed by atoms with Gasteiger partial charge in [0.15, 0.2) is 0 Å². The first-order chi connectivity index (χ1) is 7.56. The fourth-order valence-electron chi connectivity index (χ4n) is 2.55. The van der Waals surface area contributed by atoms with Crippen molar-refractivity contribution in [3.8, 4) is 0 Å². The SMILES string of the molecule is CC(C)(N)CCc1cccc2c1CCCC2. The van der Waals surface area contributed by atoms with E-state index in [-0.39, 0.29) is 5.54 Å². The molecule has 16 heavy (non-hydrogen) atoms. The van der Waals surface area contributed by atoms with Crippen molar-refractivity contribution < 1.29 is 0 Å². The zero-order chi connectivity index (χ0) is 11.6. The standard InChI is InChI=1S/C15H23N/c1-15(2,16)11-10-13-8-5-7-12-6-3-4-9-14(12)13/h5,7-8H,3-4,6,9-11,16H2,1-2H3. The summed E-state index contributed by atoms with van der Waals surface area (Å²) in [6.45, 7) is 4.23. The number of benzene rings is 1. The van der Waals surface area contributed by atoms with Gasteiger partial charge in [-0.3, -0.25) is 0 Å². The van der Waals surface area contributed by atoms with Crippen molar-refractivity contribution in [2.24, 2.45) is 5.73 Å². The molecule has 0 aromatic heterocycles. The Morgan fingerprint density at radius 2 is 1.94 bits per heavy atom. The summed E-state index contributed by atoms with van der Waals surface area (Å²) < 4.78 is 0. The maximum atomic E-state index is 6.06. The second-order valence-corrected chi connectivity index (χ2v) is 5.75. The number of hydrogen-bond acceptors (Lipinski definition) is 1. The molecule has 0 spiro atoms. The van der Waals surface area contributed by atoms with Gasteiger partial charge in [-0.25, -0.2) is 0 Å². The van der Waals surface area contributed by atoms with Crippen LogP contribution in [0.25, 0.3) is 0 Å². The molecule has 88 valence electrons. The number of nitrogens with two attached hydrogens (primary N) is 1. The third-order valence-electron chi connectivity index (χ3n) is 3.53. The zero-order valence-electron chi connectivity index (χ0n) is 10.6. The van der Waals surface area contributed by atoms with E-state index in [1.807, 2.05) is 0 Å². The highest BCUT2D eigenvalue weighted by molar-refractivity contribution is 5.37. The van der Waals surface area contributed by atoms with Crippen molar-refractivity contribution in [2.75, 3.05) is 0 Å². The van der Waals surface area contributed by atoms with Crippen LogP contribution in [0, 0.1) is 0 Å². The van der Waals surface area contributed by atoms with E-state index < -0.39 is 0 Å². The topological polar surface area (TPSA) is 26.0 Å². The molecule has 0 bridgehead atoms. The van der Waals surface area contributed by atoms with Crippen LogP contribution in [0.3, 0.4) is 0 Å². The van der Waals surface area contributed by atoms with Gasteiger partial charge in [0, 0.05) is 5.54 Å². The molecule has 1 aliphatic rings. The molecular formula is C15H23N. The minimum Gasteiger partial charge on any atom is -0.326 e. The number of fused-ring (bicyclic) bond motifs is 1. The van der Waals surface area contributed by atoms with Crippen LogP contribution in [0.4, 0.5) is 0 Å². The highest BCUT2D eigenvalue weighted by Gasteiger charge is 2.15. The summed E-state index contributed by atoms with van der Waals surface area (Å²) in [7, 11) is 0. The number of aryl methyl sites for hydroxylation is 2. The van der Waals surface area contributed by atoms with Crippen LogP contribution in [-0.4, -0.2) is 5.54 Å². The summed E-state index contributed by atoms with van der Waals surface area (Å²) in [6.07, 6.45) is 7.47. The first-order valence-corrected chi connectivity index (χ1v) is 6.45. The van der Waals surface area contributed by atoms with Gasteiger partial charge in [-0.2, -0.15) is 0 Å². The minimum atomic E-state index is -0.0443. The highest BCUT2D eigenvalue weighted by atomic mass is 14.7. The van der Waals surface area contributed by atoms with Gasteiger partial charge >= 0.3 is 0 Å². The lowest BCUT2D eigenvalue weighted by atomic mass is 9.85. The van der Waals surface area contributed by atoms with Crippen LogP contribution in [0.1, 0.15) is 49.8 Å². The van der Waals surface area contributed by atoms with Gasteiger partial charge in [-0.15, -0.1) is 0 Å². The fourth-order valence-corrected chi connectivity index (χ4v) is 2.55. The molecule has 2 N–H and O–H groups in total. The lowest BCUT2D eigenvalue weighted by molar-refractivity contribution is 0.475. The maximum absolute atomic E-state index is 6.06. The van der Waals surface area contributed by atoms with Gasteiger partial charge in [-0.1, -0.05) is 18.2 Å². The van der Waals surface area contributed by atoms with Gasteiger partial charge in [0.05, 0.1) is 0 Å². The van der Waals surface area contributed by atoms with E-state index in [0.29, 0.717) is 0 Å². The Morgan fingerprint density at radius 3 is 2.69 bits per heavy atom. The predicted molar refractivity (Wildman–Crippen MR) is 69.7 cm³/mol. The molecule has 1 nitrogen and oxygen atoms in total. The quantitative estimate of drug-likeness (QED) is 0.826. The molecule has 0 saturated carbocycles. The monoisotopic (exact) mass is 217 g/mol. The van der Waals surface area contributed by atoms with E-state index in [4.69, 9.17) is 5.73 Å². The van der Waals surface area contributed by atoms with E-state index in [0.717, 1.165) is 12.8 Å². The van der Waals surface area contributed by atoms with E-state index in [1.54, 1.807) is 11.1 Å². The first kappa shape index (κ1) is 11.7. The average Bonchev–Trinajstić information content (AvgIpc) is 2.25. The van der Waals surface area contributed by atoms with Gasteiger partial charge in [0.2, 0.25) is 0 Å². The molecule has 2 rings (SSSR count). The van der Waals surface area contributed by atoms with Crippen LogP contribution in [0.5, 0.6) is 0 Å². The summed E-state index contributed by atoms with van der Waals surface area (Å²) in [4.78, 5) is 0. The summed E-state index contributed by atoms with van der Waals surface area (Å²) in [5, 5.41) is 0. The molecule has 0 unspecified atom stereocenters. The molecule has 1 aliphatic carbocycles. The summed E-state index contributed by atoms with van der Waals surface area (Å²) >= 11 is 0. The van der Waals surface area contributed by atoms with Gasteiger partial charge < -0.3 is 5.73 Å². The molecule has 0 heterocycles. The van der Waals surface area contributed by atoms with Gasteiger partial charge in [0.1, 0.15) is 0 Å². The Bertz CT molecular complexity index is 360. The Hall–Kier alpha value is -0.820. The molecular weight excluding hydrogens is 194 g/mol. The van der Waals surface area contributed by atoms with E-state index in [9.17, 15) is 0 Å². The van der Waals surface area contributed by atoms with Crippen molar-refractivity contribution >= 4 is 0 Å². The fraction of sp³-hybridized carbons (Fsp3) is 0.600. The second-order valence-electron chi connectivity index (χ2n) is 5.75. The largest absolute Gasteiger partial charge is 0.326 e. The van der Waals surface area contributed by atoms with Crippen LogP contribution in [-0.2, 0) is 19.3 Å². The molecule has 0 aliphatic heterocycles. The van der Waals surface area contributed by atoms with E-state index in [2.05, 4.69) is 32.0 Å². The lowest BCUT2D eigenvalue weighted by Crippen LogP contribution is -2.32. The molecule has 0 radical (unpaired) electrons. The van der Waals surface area contributed by atoms with Crippen molar-refractivity contribution in [2.45, 2.75) is 57.9 Å². The molecule has 0 fully saturated rings. The third kappa shape index (κ3) is 2.85. The molecule has 0 atom stereocenters. The Labute approximate surface area is 99.0 Å². The Morgan fingerprint density at radius 1 is 1.19 bits per heavy atom. The second kappa shape index (κ2) is 4.58. The molecule has 1 aromatic rings. The minimum absolute atomic E-state index is 0.0443. The highest BCUT2D eigenvalue weighted by Crippen LogP contribution is 2.26. The van der Waals surface area contributed by atoms with E-state index in [1.165, 1.54) is 31.2 Å². The van der Waals surface area contributed by atoms with Crippen molar-refractivity contribution in [1.29, 1.82) is 0 Å². The smallest absolute Gasteiger partial charge is 0.0100 e. The molecule has 0 saturated heterocycles. The lowest BCUT2D eigenvalue weighted by Gasteiger charge is -2.22. The normalized spacial score (nSPS) is 15.9. The Balaban J connectivity index is 2.15. The van der Waals surface area contributed by atoms with Crippen molar-refractivity contribution in [1.82, 2.24) is 0 Å². The van der Waals surface area contributed by atoms with Crippen molar-refractivity contribution in [3.05, 3.63) is 34.9 Å². The van der Waals surface area contributed by atoms with Crippen LogP contribution >= 0.6 is 0 Å². The van der Waals surface area contributed by atoms with E-state index >= 15 is 0 Å². The van der Waals surface area contributed by atoms with Crippen LogP contribution in [0.15, 0.2) is 18.2 Å². The number of rotatable bonds is 3. The summed E-state index contributed by atoms with van der Waals surface area (Å²) in [5.41, 5.74) is 10.8.